The number of nitrogens with one attached hydrogen (secondary N) is 2. The van der Waals surface area contributed by atoms with Crippen molar-refractivity contribution in [2.75, 3.05) is 5.32 Å². The molecule has 0 aliphatic heterocycles. The van der Waals surface area contributed by atoms with Gasteiger partial charge >= 0.3 is 6.09 Å². The Hall–Kier alpha value is -2.09. The number of hydrogen-bond acceptors (Lipinski definition) is 6. The molecular formula is C19H29N5O2S. The van der Waals surface area contributed by atoms with Crippen LogP contribution < -0.4 is 10.6 Å². The van der Waals surface area contributed by atoms with Gasteiger partial charge in [-0.25, -0.2) is 4.79 Å². The van der Waals surface area contributed by atoms with Crippen LogP contribution in [0.1, 0.15) is 65.5 Å². The molecule has 2 unspecified atom stereocenters. The monoisotopic (exact) mass is 391 g/mol. The number of carbonyl (C=O) groups excluding carboxylic acids is 1. The van der Waals surface area contributed by atoms with Crippen molar-refractivity contribution >= 4 is 29.3 Å². The van der Waals surface area contributed by atoms with Gasteiger partial charge in [-0.1, -0.05) is 0 Å². The maximum absolute atomic E-state index is 11.9. The van der Waals surface area contributed by atoms with Crippen LogP contribution in [0.15, 0.2) is 17.5 Å². The average molecular weight is 392 g/mol. The lowest BCUT2D eigenvalue weighted by Gasteiger charge is -2.25. The van der Waals surface area contributed by atoms with E-state index < -0.39 is 0 Å². The van der Waals surface area contributed by atoms with E-state index in [1.807, 2.05) is 25.3 Å². The smallest absolute Gasteiger partial charge is 0.407 e. The summed E-state index contributed by atoms with van der Waals surface area (Å²) in [6.45, 7) is 10.2. The van der Waals surface area contributed by atoms with E-state index in [1.165, 1.54) is 17.2 Å². The zero-order valence-corrected chi connectivity index (χ0v) is 17.5. The predicted octanol–water partition coefficient (Wildman–Crippen LogP) is 4.61. The lowest BCUT2D eigenvalue weighted by Crippen LogP contribution is -2.34. The summed E-state index contributed by atoms with van der Waals surface area (Å²) in [5.74, 6) is 1.97. The molecule has 2 atom stereocenters. The first kappa shape index (κ1) is 19.7. The highest BCUT2D eigenvalue weighted by Crippen LogP contribution is 2.37. The van der Waals surface area contributed by atoms with Gasteiger partial charge in [0.25, 0.3) is 0 Å². The minimum Gasteiger partial charge on any atom is -0.447 e. The fraction of sp³-hybridized carbons (Fsp3) is 0.632. The van der Waals surface area contributed by atoms with Gasteiger partial charge in [0, 0.05) is 29.1 Å². The second kappa shape index (κ2) is 7.88. The SMILES string of the molecule is CC(C)OC(=O)NC1CCC(c2cc(Nc3ccsn3)nn2C(C)(C)C)C1. The summed E-state index contributed by atoms with van der Waals surface area (Å²) in [5, 5.41) is 13.0. The maximum Gasteiger partial charge on any atom is 0.407 e. The standard InChI is InChI=1S/C19H29N5O2S/c1-12(2)26-18(25)20-14-7-6-13(10-14)15-11-17(21-16-8-9-27-23-16)22-24(15)19(3,4)5/h8-9,11-14H,6-7,10H2,1-5H3,(H,20,25)(H,21,22,23). The van der Waals surface area contributed by atoms with Crippen molar-refractivity contribution in [3.63, 3.8) is 0 Å². The number of aromatic nitrogens is 3. The van der Waals surface area contributed by atoms with E-state index in [-0.39, 0.29) is 23.8 Å². The molecule has 1 aliphatic rings. The molecule has 27 heavy (non-hydrogen) atoms. The third-order valence-corrected chi connectivity index (χ3v) is 5.14. The number of hydrogen-bond donors (Lipinski definition) is 2. The van der Waals surface area contributed by atoms with Crippen molar-refractivity contribution in [1.29, 1.82) is 0 Å². The summed E-state index contributed by atoms with van der Waals surface area (Å²) in [4.78, 5) is 11.9. The van der Waals surface area contributed by atoms with E-state index in [4.69, 9.17) is 9.84 Å². The van der Waals surface area contributed by atoms with Crippen molar-refractivity contribution in [3.8, 4) is 0 Å². The number of carbonyl (C=O) groups is 1. The Balaban J connectivity index is 1.73. The van der Waals surface area contributed by atoms with Crippen molar-refractivity contribution in [3.05, 3.63) is 23.2 Å². The molecule has 0 saturated heterocycles. The van der Waals surface area contributed by atoms with Crippen molar-refractivity contribution in [2.45, 2.75) is 77.5 Å². The highest BCUT2D eigenvalue weighted by molar-refractivity contribution is 7.03. The third kappa shape index (κ3) is 5.00. The minimum atomic E-state index is -0.328. The zero-order valence-electron chi connectivity index (χ0n) is 16.7. The van der Waals surface area contributed by atoms with Crippen LogP contribution in [0.2, 0.25) is 0 Å². The summed E-state index contributed by atoms with van der Waals surface area (Å²) in [6, 6.07) is 4.19. The van der Waals surface area contributed by atoms with Gasteiger partial charge in [-0.15, -0.1) is 0 Å². The van der Waals surface area contributed by atoms with E-state index in [1.54, 1.807) is 0 Å². The Kier molecular flexibility index (Phi) is 5.74. The second-order valence-electron chi connectivity index (χ2n) is 8.35. The summed E-state index contributed by atoms with van der Waals surface area (Å²) in [5.41, 5.74) is 1.07. The number of anilines is 2. The number of alkyl carbamates (subject to hydrolysis) is 1. The van der Waals surface area contributed by atoms with Crippen LogP contribution in [-0.2, 0) is 10.3 Å². The van der Waals surface area contributed by atoms with Crippen LogP contribution in [0.4, 0.5) is 16.4 Å². The van der Waals surface area contributed by atoms with Gasteiger partial charge in [0.15, 0.2) is 5.82 Å². The Morgan fingerprint density at radius 1 is 1.33 bits per heavy atom. The number of ether oxygens (including phenoxy) is 1. The molecule has 2 N–H and O–H groups in total. The van der Waals surface area contributed by atoms with Crippen LogP contribution in [0.3, 0.4) is 0 Å². The molecule has 1 aliphatic carbocycles. The van der Waals surface area contributed by atoms with Crippen LogP contribution in [0, 0.1) is 0 Å². The van der Waals surface area contributed by atoms with E-state index in [0.717, 1.165) is 30.9 Å². The van der Waals surface area contributed by atoms with E-state index in [0.29, 0.717) is 5.92 Å². The fourth-order valence-electron chi connectivity index (χ4n) is 3.49. The molecule has 0 bridgehead atoms. The summed E-state index contributed by atoms with van der Waals surface area (Å²) >= 11 is 1.41. The molecule has 1 fully saturated rings. The molecule has 0 aromatic carbocycles. The highest BCUT2D eigenvalue weighted by Gasteiger charge is 2.32. The van der Waals surface area contributed by atoms with E-state index in [9.17, 15) is 4.79 Å². The molecule has 3 rings (SSSR count). The van der Waals surface area contributed by atoms with Gasteiger partial charge in [-0.3, -0.25) is 4.68 Å². The molecular weight excluding hydrogens is 362 g/mol. The molecule has 148 valence electrons. The molecule has 1 saturated carbocycles. The molecule has 1 amide bonds. The highest BCUT2D eigenvalue weighted by atomic mass is 32.1. The molecule has 2 aromatic heterocycles. The van der Waals surface area contributed by atoms with Crippen molar-refractivity contribution in [2.24, 2.45) is 0 Å². The van der Waals surface area contributed by atoms with Crippen molar-refractivity contribution in [1.82, 2.24) is 19.5 Å². The van der Waals surface area contributed by atoms with Gasteiger partial charge in [0.1, 0.15) is 5.82 Å². The number of amides is 1. The van der Waals surface area contributed by atoms with E-state index >= 15 is 0 Å². The van der Waals surface area contributed by atoms with Gasteiger partial charge in [-0.05, 0) is 71.5 Å². The number of nitrogens with zero attached hydrogens (tertiary/aromatic N) is 3. The quantitative estimate of drug-likeness (QED) is 0.778. The lowest BCUT2D eigenvalue weighted by molar-refractivity contribution is 0.112. The van der Waals surface area contributed by atoms with Gasteiger partial charge in [0.2, 0.25) is 0 Å². The Morgan fingerprint density at radius 2 is 2.11 bits per heavy atom. The molecule has 8 heteroatoms. The zero-order chi connectivity index (χ0) is 19.6. The average Bonchev–Trinajstić information content (AvgIpc) is 3.26. The summed E-state index contributed by atoms with van der Waals surface area (Å²) < 4.78 is 11.6. The Morgan fingerprint density at radius 3 is 2.74 bits per heavy atom. The van der Waals surface area contributed by atoms with Gasteiger partial charge in [-0.2, -0.15) is 9.47 Å². The van der Waals surface area contributed by atoms with Crippen LogP contribution in [-0.4, -0.2) is 32.4 Å². The van der Waals surface area contributed by atoms with Crippen molar-refractivity contribution < 1.29 is 9.53 Å². The molecule has 0 spiro atoms. The normalized spacial score (nSPS) is 20.1. The number of rotatable bonds is 5. The molecule has 0 radical (unpaired) electrons. The van der Waals surface area contributed by atoms with Crippen LogP contribution in [0.5, 0.6) is 0 Å². The van der Waals surface area contributed by atoms with Gasteiger partial charge < -0.3 is 15.4 Å². The lowest BCUT2D eigenvalue weighted by atomic mass is 10.0. The first-order valence-corrected chi connectivity index (χ1v) is 10.3. The first-order valence-electron chi connectivity index (χ1n) is 9.47. The summed E-state index contributed by atoms with van der Waals surface area (Å²) in [7, 11) is 0. The van der Waals surface area contributed by atoms with Crippen LogP contribution in [0.25, 0.3) is 0 Å². The second-order valence-corrected chi connectivity index (χ2v) is 9.02. The van der Waals surface area contributed by atoms with E-state index in [2.05, 4.69) is 46.5 Å². The third-order valence-electron chi connectivity index (χ3n) is 4.58. The topological polar surface area (TPSA) is 81.1 Å². The molecule has 2 aromatic rings. The minimum absolute atomic E-state index is 0.108. The van der Waals surface area contributed by atoms with Crippen LogP contribution >= 0.6 is 11.5 Å². The van der Waals surface area contributed by atoms with Gasteiger partial charge in [0.05, 0.1) is 11.6 Å². The Bertz CT molecular complexity index is 764. The molecule has 7 nitrogen and oxygen atoms in total. The Labute approximate surface area is 164 Å². The largest absolute Gasteiger partial charge is 0.447 e. The maximum atomic E-state index is 11.9. The summed E-state index contributed by atoms with van der Waals surface area (Å²) in [6.07, 6.45) is 2.42. The predicted molar refractivity (Wildman–Crippen MR) is 108 cm³/mol. The molecule has 2 heterocycles. The first-order chi connectivity index (χ1) is 12.7. The fourth-order valence-corrected chi connectivity index (χ4v) is 3.96.